The number of rotatable bonds is 4. The van der Waals surface area contributed by atoms with Gasteiger partial charge in [0.25, 0.3) is 5.91 Å². The number of halogens is 5. The first-order chi connectivity index (χ1) is 12.8. The van der Waals surface area contributed by atoms with Crippen molar-refractivity contribution < 1.29 is 22.7 Å². The van der Waals surface area contributed by atoms with Crippen molar-refractivity contribution in [3.8, 4) is 0 Å². The summed E-state index contributed by atoms with van der Waals surface area (Å²) < 4.78 is 45.9. The van der Waals surface area contributed by atoms with Crippen LogP contribution in [0.2, 0.25) is 10.0 Å². The molecule has 0 bridgehead atoms. The van der Waals surface area contributed by atoms with Crippen LogP contribution in [0.5, 0.6) is 0 Å². The average Bonchev–Trinajstić information content (AvgIpc) is 2.65. The molecule has 1 aliphatic rings. The van der Waals surface area contributed by atoms with E-state index in [-0.39, 0.29) is 6.10 Å². The van der Waals surface area contributed by atoms with Gasteiger partial charge in [0.1, 0.15) is 5.82 Å². The van der Waals surface area contributed by atoms with Crippen LogP contribution in [0.1, 0.15) is 28.8 Å². The van der Waals surface area contributed by atoms with Crippen molar-refractivity contribution in [2.75, 3.05) is 13.1 Å². The van der Waals surface area contributed by atoms with Crippen molar-refractivity contribution in [3.63, 3.8) is 0 Å². The molecule has 3 rings (SSSR count). The van der Waals surface area contributed by atoms with Crippen LogP contribution < -0.4 is 0 Å². The lowest BCUT2D eigenvalue weighted by atomic mass is 10.1. The van der Waals surface area contributed by atoms with Gasteiger partial charge in [-0.2, -0.15) is 0 Å². The van der Waals surface area contributed by atoms with Crippen LogP contribution in [0, 0.1) is 17.5 Å². The van der Waals surface area contributed by atoms with Gasteiger partial charge in [0.2, 0.25) is 0 Å². The fraction of sp³-hybridized carbons (Fsp3) is 0.316. The highest BCUT2D eigenvalue weighted by Gasteiger charge is 2.26. The van der Waals surface area contributed by atoms with E-state index in [1.54, 1.807) is 12.1 Å². The Kier molecular flexibility index (Phi) is 6.29. The van der Waals surface area contributed by atoms with Gasteiger partial charge in [-0.05, 0) is 36.6 Å². The highest BCUT2D eigenvalue weighted by atomic mass is 35.5. The molecule has 1 fully saturated rings. The highest BCUT2D eigenvalue weighted by molar-refractivity contribution is 6.42. The summed E-state index contributed by atoms with van der Waals surface area (Å²) in [6.07, 6.45) is 1.04. The topological polar surface area (TPSA) is 29.5 Å². The maximum Gasteiger partial charge on any atom is 0.256 e. The molecule has 1 saturated heterocycles. The zero-order valence-corrected chi connectivity index (χ0v) is 15.7. The summed E-state index contributed by atoms with van der Waals surface area (Å²) in [5.74, 6) is -4.30. The van der Waals surface area contributed by atoms with Crippen molar-refractivity contribution in [2.24, 2.45) is 0 Å². The number of nitrogens with zero attached hydrogens (tertiary/aromatic N) is 1. The fourth-order valence-corrected chi connectivity index (χ4v) is 3.25. The molecule has 0 aromatic heterocycles. The molecular weight excluding hydrogens is 402 g/mol. The quantitative estimate of drug-likeness (QED) is 0.637. The Labute approximate surface area is 164 Å². The fourth-order valence-electron chi connectivity index (χ4n) is 2.93. The van der Waals surface area contributed by atoms with E-state index in [0.29, 0.717) is 54.7 Å². The minimum Gasteiger partial charge on any atom is -0.373 e. The number of carbonyl (C=O) groups is 1. The van der Waals surface area contributed by atoms with E-state index in [0.717, 1.165) is 5.56 Å². The standard InChI is InChI=1S/C19H16Cl2F3NO2/c20-14-2-1-11(7-15(14)21)10-27-12-3-5-25(6-4-12)19(26)13-8-17(23)18(24)9-16(13)22/h1-2,7-9,12H,3-6,10H2. The summed E-state index contributed by atoms with van der Waals surface area (Å²) in [7, 11) is 0. The number of carbonyl (C=O) groups excluding carboxylic acids is 1. The van der Waals surface area contributed by atoms with Gasteiger partial charge in [-0.1, -0.05) is 29.3 Å². The van der Waals surface area contributed by atoms with Gasteiger partial charge in [0, 0.05) is 19.2 Å². The Morgan fingerprint density at radius 1 is 1.00 bits per heavy atom. The average molecular weight is 418 g/mol. The van der Waals surface area contributed by atoms with E-state index in [9.17, 15) is 18.0 Å². The molecule has 144 valence electrons. The van der Waals surface area contributed by atoms with Gasteiger partial charge in [0.05, 0.1) is 28.3 Å². The monoisotopic (exact) mass is 417 g/mol. The molecule has 0 N–H and O–H groups in total. The molecule has 0 radical (unpaired) electrons. The molecule has 2 aromatic rings. The van der Waals surface area contributed by atoms with Gasteiger partial charge in [-0.15, -0.1) is 0 Å². The second-order valence-electron chi connectivity index (χ2n) is 6.30. The number of ether oxygens (including phenoxy) is 1. The summed E-state index contributed by atoms with van der Waals surface area (Å²) >= 11 is 11.8. The van der Waals surface area contributed by atoms with Gasteiger partial charge < -0.3 is 9.64 Å². The van der Waals surface area contributed by atoms with Gasteiger partial charge in [-0.3, -0.25) is 4.79 Å². The first kappa shape index (κ1) is 20.0. The van der Waals surface area contributed by atoms with Crippen LogP contribution in [-0.2, 0) is 11.3 Å². The highest BCUT2D eigenvalue weighted by Crippen LogP contribution is 2.24. The van der Waals surface area contributed by atoms with E-state index in [1.165, 1.54) is 4.90 Å². The summed E-state index contributed by atoms with van der Waals surface area (Å²) in [5.41, 5.74) is 0.413. The first-order valence-electron chi connectivity index (χ1n) is 8.34. The molecular formula is C19H16Cl2F3NO2. The summed E-state index contributed by atoms with van der Waals surface area (Å²) in [5, 5.41) is 0.920. The third-order valence-corrected chi connectivity index (χ3v) is 5.18. The molecule has 1 aliphatic heterocycles. The molecule has 2 aromatic carbocycles. The van der Waals surface area contributed by atoms with Crippen LogP contribution in [0.3, 0.4) is 0 Å². The summed E-state index contributed by atoms with van der Waals surface area (Å²) in [6, 6.07) is 6.23. The maximum absolute atomic E-state index is 13.8. The van der Waals surface area contributed by atoms with Crippen LogP contribution in [0.4, 0.5) is 13.2 Å². The molecule has 3 nitrogen and oxygen atoms in total. The van der Waals surface area contributed by atoms with E-state index < -0.39 is 28.9 Å². The largest absolute Gasteiger partial charge is 0.373 e. The molecule has 27 heavy (non-hydrogen) atoms. The molecule has 0 atom stereocenters. The van der Waals surface area contributed by atoms with Crippen molar-refractivity contribution in [3.05, 3.63) is 69.0 Å². The lowest BCUT2D eigenvalue weighted by molar-refractivity contribution is -0.000481. The number of amides is 1. The Balaban J connectivity index is 1.54. The number of benzene rings is 2. The predicted octanol–water partition coefficient (Wildman–Crippen LogP) is 5.23. The Morgan fingerprint density at radius 2 is 1.67 bits per heavy atom. The summed E-state index contributed by atoms with van der Waals surface area (Å²) in [4.78, 5) is 13.8. The predicted molar refractivity (Wildman–Crippen MR) is 96.5 cm³/mol. The zero-order chi connectivity index (χ0) is 19.6. The minimum absolute atomic E-state index is 0.0710. The van der Waals surface area contributed by atoms with Gasteiger partial charge in [0.15, 0.2) is 11.6 Å². The lowest BCUT2D eigenvalue weighted by Crippen LogP contribution is -2.41. The van der Waals surface area contributed by atoms with Gasteiger partial charge in [-0.25, -0.2) is 13.2 Å². The van der Waals surface area contributed by atoms with Crippen LogP contribution >= 0.6 is 23.2 Å². The number of likely N-dealkylation sites (tertiary alicyclic amines) is 1. The molecule has 1 amide bonds. The number of piperidine rings is 1. The lowest BCUT2D eigenvalue weighted by Gasteiger charge is -2.32. The van der Waals surface area contributed by atoms with Crippen molar-refractivity contribution in [1.29, 1.82) is 0 Å². The van der Waals surface area contributed by atoms with E-state index in [1.807, 2.05) is 6.07 Å². The first-order valence-corrected chi connectivity index (χ1v) is 9.10. The summed E-state index contributed by atoms with van der Waals surface area (Å²) in [6.45, 7) is 1.03. The third kappa shape index (κ3) is 4.75. The van der Waals surface area contributed by atoms with Crippen LogP contribution in [0.15, 0.2) is 30.3 Å². The molecule has 0 spiro atoms. The molecule has 0 aliphatic carbocycles. The zero-order valence-electron chi connectivity index (χ0n) is 14.2. The van der Waals surface area contributed by atoms with E-state index in [4.69, 9.17) is 27.9 Å². The SMILES string of the molecule is O=C(c1cc(F)c(F)cc1F)N1CCC(OCc2ccc(Cl)c(Cl)c2)CC1. The normalized spacial score (nSPS) is 15.2. The minimum atomic E-state index is -1.32. The number of hydrogen-bond acceptors (Lipinski definition) is 2. The van der Waals surface area contributed by atoms with Crippen molar-refractivity contribution in [2.45, 2.75) is 25.6 Å². The second kappa shape index (κ2) is 8.50. The van der Waals surface area contributed by atoms with Crippen LogP contribution in [-0.4, -0.2) is 30.0 Å². The van der Waals surface area contributed by atoms with Gasteiger partial charge >= 0.3 is 0 Å². The van der Waals surface area contributed by atoms with Crippen molar-refractivity contribution >= 4 is 29.1 Å². The molecule has 1 heterocycles. The smallest absolute Gasteiger partial charge is 0.256 e. The van der Waals surface area contributed by atoms with Crippen molar-refractivity contribution in [1.82, 2.24) is 4.90 Å². The van der Waals surface area contributed by atoms with Crippen LogP contribution in [0.25, 0.3) is 0 Å². The molecule has 0 unspecified atom stereocenters. The molecule has 8 heteroatoms. The Bertz CT molecular complexity index is 855. The maximum atomic E-state index is 13.8. The Morgan fingerprint density at radius 3 is 2.33 bits per heavy atom. The number of hydrogen-bond donors (Lipinski definition) is 0. The second-order valence-corrected chi connectivity index (χ2v) is 7.11. The molecule has 0 saturated carbocycles. The van der Waals surface area contributed by atoms with E-state index in [2.05, 4.69) is 0 Å². The third-order valence-electron chi connectivity index (χ3n) is 4.44. The Hall–Kier alpha value is -1.76. The van der Waals surface area contributed by atoms with E-state index >= 15 is 0 Å².